The standard InChI is InChI=1S/C16H16BrN3O2/c1-21-15-8-13(10-20-6-4-18)7-14(17)16(15)22-11-12-3-2-5-19-9-12/h2-3,5,7-9,20H,6,10-11H2,1H3. The summed E-state index contributed by atoms with van der Waals surface area (Å²) >= 11 is 3.51. The molecule has 0 unspecified atom stereocenters. The van der Waals surface area contributed by atoms with Gasteiger partial charge >= 0.3 is 0 Å². The van der Waals surface area contributed by atoms with Gasteiger partial charge in [-0.25, -0.2) is 0 Å². The number of rotatable bonds is 7. The number of halogens is 1. The van der Waals surface area contributed by atoms with Gasteiger partial charge in [0.25, 0.3) is 0 Å². The molecule has 0 aliphatic carbocycles. The number of hydrogen-bond acceptors (Lipinski definition) is 5. The molecule has 0 saturated carbocycles. The molecule has 5 nitrogen and oxygen atoms in total. The highest BCUT2D eigenvalue weighted by Crippen LogP contribution is 2.37. The number of nitrogens with one attached hydrogen (secondary N) is 1. The predicted octanol–water partition coefficient (Wildman–Crippen LogP) is 3.04. The first-order valence-electron chi connectivity index (χ1n) is 6.70. The molecule has 2 rings (SSSR count). The molecule has 22 heavy (non-hydrogen) atoms. The van der Waals surface area contributed by atoms with Crippen LogP contribution in [0.5, 0.6) is 11.5 Å². The van der Waals surface area contributed by atoms with E-state index in [2.05, 4.69) is 26.2 Å². The minimum absolute atomic E-state index is 0.305. The third-order valence-corrected chi connectivity index (χ3v) is 3.52. The monoisotopic (exact) mass is 361 g/mol. The molecule has 0 atom stereocenters. The number of benzene rings is 1. The zero-order chi connectivity index (χ0) is 15.8. The molecule has 0 bridgehead atoms. The van der Waals surface area contributed by atoms with E-state index < -0.39 is 0 Å². The van der Waals surface area contributed by atoms with E-state index in [-0.39, 0.29) is 0 Å². The highest BCUT2D eigenvalue weighted by atomic mass is 79.9. The number of ether oxygens (including phenoxy) is 2. The molecular formula is C16H16BrN3O2. The van der Waals surface area contributed by atoms with E-state index in [1.807, 2.05) is 30.3 Å². The van der Waals surface area contributed by atoms with Crippen LogP contribution in [-0.4, -0.2) is 18.6 Å². The molecule has 0 aliphatic rings. The van der Waals surface area contributed by atoms with E-state index >= 15 is 0 Å². The van der Waals surface area contributed by atoms with Gasteiger partial charge in [0.05, 0.1) is 24.2 Å². The number of hydrogen-bond donors (Lipinski definition) is 1. The maximum absolute atomic E-state index is 8.55. The van der Waals surface area contributed by atoms with Gasteiger partial charge in [0.1, 0.15) is 6.61 Å². The second kappa shape index (κ2) is 8.37. The van der Waals surface area contributed by atoms with Crippen molar-refractivity contribution in [3.8, 4) is 17.6 Å². The lowest BCUT2D eigenvalue weighted by Gasteiger charge is -2.14. The predicted molar refractivity (Wildman–Crippen MR) is 86.6 cm³/mol. The van der Waals surface area contributed by atoms with Crippen molar-refractivity contribution < 1.29 is 9.47 Å². The molecule has 0 saturated heterocycles. The first kappa shape index (κ1) is 16.3. The van der Waals surface area contributed by atoms with E-state index in [0.717, 1.165) is 15.6 Å². The maximum atomic E-state index is 8.55. The average molecular weight is 362 g/mol. The highest BCUT2D eigenvalue weighted by Gasteiger charge is 2.12. The maximum Gasteiger partial charge on any atom is 0.175 e. The SMILES string of the molecule is COc1cc(CNCC#N)cc(Br)c1OCc1cccnc1. The minimum Gasteiger partial charge on any atom is -0.493 e. The first-order chi connectivity index (χ1) is 10.7. The molecule has 0 fully saturated rings. The Bertz CT molecular complexity index is 656. The second-order valence-electron chi connectivity index (χ2n) is 4.52. The number of pyridine rings is 1. The molecule has 0 spiro atoms. The van der Waals surface area contributed by atoms with E-state index in [9.17, 15) is 0 Å². The van der Waals surface area contributed by atoms with Crippen LogP contribution in [0, 0.1) is 11.3 Å². The van der Waals surface area contributed by atoms with Crippen molar-refractivity contribution in [2.24, 2.45) is 0 Å². The first-order valence-corrected chi connectivity index (χ1v) is 7.49. The Kier molecular flexibility index (Phi) is 6.19. The third kappa shape index (κ3) is 4.45. The summed E-state index contributed by atoms with van der Waals surface area (Å²) < 4.78 is 12.0. The fourth-order valence-electron chi connectivity index (χ4n) is 1.92. The van der Waals surface area contributed by atoms with Crippen molar-refractivity contribution in [1.82, 2.24) is 10.3 Å². The summed E-state index contributed by atoms with van der Waals surface area (Å²) in [6.07, 6.45) is 3.49. The Morgan fingerprint density at radius 2 is 2.23 bits per heavy atom. The van der Waals surface area contributed by atoms with E-state index in [4.69, 9.17) is 14.7 Å². The van der Waals surface area contributed by atoms with Gasteiger partial charge in [0.15, 0.2) is 11.5 Å². The molecule has 1 heterocycles. The molecule has 1 N–H and O–H groups in total. The van der Waals surface area contributed by atoms with Crippen LogP contribution in [0.15, 0.2) is 41.1 Å². The number of aromatic nitrogens is 1. The largest absolute Gasteiger partial charge is 0.493 e. The average Bonchev–Trinajstić information content (AvgIpc) is 2.54. The van der Waals surface area contributed by atoms with Gasteiger partial charge in [-0.1, -0.05) is 6.07 Å². The summed E-state index contributed by atoms with van der Waals surface area (Å²) in [5.74, 6) is 1.29. The van der Waals surface area contributed by atoms with Gasteiger partial charge in [-0.05, 0) is 39.7 Å². The molecule has 114 valence electrons. The van der Waals surface area contributed by atoms with Crippen molar-refractivity contribution in [2.75, 3.05) is 13.7 Å². The molecule has 0 radical (unpaired) electrons. The van der Waals surface area contributed by atoms with Crippen molar-refractivity contribution in [1.29, 1.82) is 5.26 Å². The van der Waals surface area contributed by atoms with Crippen LogP contribution in [-0.2, 0) is 13.2 Å². The Morgan fingerprint density at radius 1 is 1.36 bits per heavy atom. The van der Waals surface area contributed by atoms with Crippen molar-refractivity contribution >= 4 is 15.9 Å². The summed E-state index contributed by atoms with van der Waals surface area (Å²) in [6, 6.07) is 9.71. The van der Waals surface area contributed by atoms with Gasteiger partial charge in [-0.15, -0.1) is 0 Å². The Morgan fingerprint density at radius 3 is 2.91 bits per heavy atom. The Balaban J connectivity index is 2.11. The zero-order valence-electron chi connectivity index (χ0n) is 12.2. The highest BCUT2D eigenvalue weighted by molar-refractivity contribution is 9.10. The molecule has 1 aromatic carbocycles. The molecule has 2 aromatic rings. The second-order valence-corrected chi connectivity index (χ2v) is 5.37. The quantitative estimate of drug-likeness (QED) is 0.606. The molecular weight excluding hydrogens is 346 g/mol. The summed E-state index contributed by atoms with van der Waals surface area (Å²) in [4.78, 5) is 4.06. The topological polar surface area (TPSA) is 67.2 Å². The number of nitriles is 1. The van der Waals surface area contributed by atoms with Crippen LogP contribution in [0.1, 0.15) is 11.1 Å². The lowest BCUT2D eigenvalue weighted by Crippen LogP contribution is -2.13. The van der Waals surface area contributed by atoms with Crippen molar-refractivity contribution in [3.05, 3.63) is 52.3 Å². The van der Waals surface area contributed by atoms with Gasteiger partial charge in [-0.2, -0.15) is 5.26 Å². The third-order valence-electron chi connectivity index (χ3n) is 2.93. The molecule has 0 aliphatic heterocycles. The van der Waals surface area contributed by atoms with E-state index in [1.165, 1.54) is 0 Å². The Hall–Kier alpha value is -2.10. The smallest absolute Gasteiger partial charge is 0.175 e. The van der Waals surface area contributed by atoms with Gasteiger partial charge < -0.3 is 14.8 Å². The normalized spacial score (nSPS) is 10.0. The lowest BCUT2D eigenvalue weighted by atomic mass is 10.2. The van der Waals surface area contributed by atoms with E-state index in [1.54, 1.807) is 19.5 Å². The zero-order valence-corrected chi connectivity index (χ0v) is 13.8. The van der Waals surface area contributed by atoms with Crippen LogP contribution >= 0.6 is 15.9 Å². The molecule has 6 heteroatoms. The van der Waals surface area contributed by atoms with Crippen LogP contribution in [0.2, 0.25) is 0 Å². The van der Waals surface area contributed by atoms with Crippen molar-refractivity contribution in [2.45, 2.75) is 13.2 Å². The van der Waals surface area contributed by atoms with Crippen LogP contribution in [0.4, 0.5) is 0 Å². The Labute approximate surface area is 138 Å². The van der Waals surface area contributed by atoms with Crippen LogP contribution in [0.3, 0.4) is 0 Å². The van der Waals surface area contributed by atoms with Crippen molar-refractivity contribution in [3.63, 3.8) is 0 Å². The van der Waals surface area contributed by atoms with Gasteiger partial charge in [-0.3, -0.25) is 4.98 Å². The fourth-order valence-corrected chi connectivity index (χ4v) is 2.52. The van der Waals surface area contributed by atoms with Crippen LogP contribution in [0.25, 0.3) is 0 Å². The number of nitrogens with zero attached hydrogens (tertiary/aromatic N) is 2. The molecule has 0 amide bonds. The van der Waals surface area contributed by atoms with Gasteiger partial charge in [0, 0.05) is 24.5 Å². The lowest BCUT2D eigenvalue weighted by molar-refractivity contribution is 0.282. The summed E-state index contributed by atoms with van der Waals surface area (Å²) in [6.45, 7) is 1.30. The number of methoxy groups -OCH3 is 1. The fraction of sp³-hybridized carbons (Fsp3) is 0.250. The van der Waals surface area contributed by atoms with Crippen LogP contribution < -0.4 is 14.8 Å². The van der Waals surface area contributed by atoms with Gasteiger partial charge in [0.2, 0.25) is 0 Å². The molecule has 1 aromatic heterocycles. The van der Waals surface area contributed by atoms with E-state index in [0.29, 0.717) is 31.2 Å². The summed E-state index contributed by atoms with van der Waals surface area (Å²) in [5.41, 5.74) is 1.99. The minimum atomic E-state index is 0.305. The summed E-state index contributed by atoms with van der Waals surface area (Å²) in [7, 11) is 1.60. The summed E-state index contributed by atoms with van der Waals surface area (Å²) in [5, 5.41) is 11.6.